The highest BCUT2D eigenvalue weighted by Gasteiger charge is 2.25. The maximum atomic E-state index is 13.0. The molecule has 33 heavy (non-hydrogen) atoms. The van der Waals surface area contributed by atoms with E-state index >= 15 is 0 Å². The molecule has 178 valence electrons. The van der Waals surface area contributed by atoms with Gasteiger partial charge in [-0.3, -0.25) is 0 Å². The highest BCUT2D eigenvalue weighted by atomic mass is 32.2. The topological polar surface area (TPSA) is 71.1 Å². The van der Waals surface area contributed by atoms with Gasteiger partial charge in [-0.25, -0.2) is 8.42 Å². The summed E-state index contributed by atoms with van der Waals surface area (Å²) < 4.78 is 39.0. The fraction of sp³-hybridized carbons (Fsp3) is 0.458. The van der Waals surface area contributed by atoms with Crippen LogP contribution in [0.25, 0.3) is 0 Å². The van der Waals surface area contributed by atoms with Crippen molar-refractivity contribution in [2.75, 3.05) is 38.2 Å². The molecule has 2 aliphatic heterocycles. The number of ether oxygens (including phenoxy) is 2. The molecule has 2 aromatic rings. The van der Waals surface area contributed by atoms with Crippen molar-refractivity contribution in [3.8, 4) is 11.5 Å². The molecule has 0 aliphatic carbocycles. The number of hydrogen-bond donors (Lipinski definition) is 1. The lowest BCUT2D eigenvalue weighted by Gasteiger charge is -2.32. The largest absolute Gasteiger partial charge is 0.490 e. The quantitative estimate of drug-likeness (QED) is 0.638. The van der Waals surface area contributed by atoms with Crippen LogP contribution in [0.3, 0.4) is 0 Å². The minimum absolute atomic E-state index is 0.269. The van der Waals surface area contributed by atoms with Gasteiger partial charge in [-0.05, 0) is 66.5 Å². The van der Waals surface area contributed by atoms with Gasteiger partial charge >= 0.3 is 0 Å². The van der Waals surface area contributed by atoms with Gasteiger partial charge in [-0.1, -0.05) is 19.9 Å². The van der Waals surface area contributed by atoms with Crippen molar-refractivity contribution in [1.29, 1.82) is 0 Å². The Morgan fingerprint density at radius 1 is 1.09 bits per heavy atom. The number of nitrogens with zero attached hydrogens (tertiary/aromatic N) is 2. The molecule has 0 bridgehead atoms. The molecule has 0 saturated heterocycles. The number of hydrogen-bond acceptors (Lipinski definition) is 5. The Labute approximate surface area is 201 Å². The van der Waals surface area contributed by atoms with E-state index in [1.165, 1.54) is 15.4 Å². The Balaban J connectivity index is 1.52. The van der Waals surface area contributed by atoms with Crippen LogP contribution in [-0.2, 0) is 23.0 Å². The number of rotatable bonds is 5. The van der Waals surface area contributed by atoms with Crippen LogP contribution in [0.5, 0.6) is 11.5 Å². The second-order valence-corrected chi connectivity index (χ2v) is 10.6. The summed E-state index contributed by atoms with van der Waals surface area (Å²) in [6.45, 7) is 9.25. The number of aryl methyl sites for hydroxylation is 1. The molecule has 0 fully saturated rings. The van der Waals surface area contributed by atoms with Crippen LogP contribution in [0, 0.1) is 6.92 Å². The Morgan fingerprint density at radius 3 is 2.42 bits per heavy atom. The Hall–Kier alpha value is -2.36. The van der Waals surface area contributed by atoms with Crippen LogP contribution >= 0.6 is 12.2 Å². The van der Waals surface area contributed by atoms with Gasteiger partial charge in [0.05, 0.1) is 18.1 Å². The summed E-state index contributed by atoms with van der Waals surface area (Å²) >= 11 is 5.72. The Morgan fingerprint density at radius 2 is 1.76 bits per heavy atom. The first kappa shape index (κ1) is 23.8. The van der Waals surface area contributed by atoms with Gasteiger partial charge in [0.15, 0.2) is 16.6 Å². The standard InChI is InChI=1S/C24H31N3O4S2/c1-4-27(5-2)33(28,29)20-8-7-17(3)21(15-20)25-24(32)26-10-9-18-13-22-23(14-19(18)16-26)31-12-6-11-30-22/h7-8,13-15H,4-6,9-12,16H2,1-3H3,(H,25,32). The van der Waals surface area contributed by atoms with Crippen LogP contribution in [0.2, 0.25) is 0 Å². The van der Waals surface area contributed by atoms with Crippen molar-refractivity contribution in [2.24, 2.45) is 0 Å². The molecule has 2 aliphatic rings. The van der Waals surface area contributed by atoms with Crippen molar-refractivity contribution in [1.82, 2.24) is 9.21 Å². The number of anilines is 1. The van der Waals surface area contributed by atoms with Gasteiger partial charge in [0.2, 0.25) is 10.0 Å². The highest BCUT2D eigenvalue weighted by molar-refractivity contribution is 7.89. The Kier molecular flexibility index (Phi) is 7.11. The molecule has 2 aromatic carbocycles. The fourth-order valence-corrected chi connectivity index (χ4v) is 5.94. The summed E-state index contributed by atoms with van der Waals surface area (Å²) in [5.41, 5.74) is 4.06. The van der Waals surface area contributed by atoms with E-state index in [0.29, 0.717) is 43.6 Å². The maximum absolute atomic E-state index is 13.0. The first-order valence-corrected chi connectivity index (χ1v) is 13.3. The molecule has 0 atom stereocenters. The normalized spacial score (nSPS) is 15.7. The molecule has 9 heteroatoms. The fourth-order valence-electron chi connectivity index (χ4n) is 4.19. The average molecular weight is 490 g/mol. The van der Waals surface area contributed by atoms with Crippen LogP contribution in [0.15, 0.2) is 35.2 Å². The van der Waals surface area contributed by atoms with Crippen molar-refractivity contribution in [3.05, 3.63) is 47.0 Å². The second-order valence-electron chi connectivity index (χ2n) is 8.29. The molecule has 0 aromatic heterocycles. The maximum Gasteiger partial charge on any atom is 0.243 e. The first-order valence-electron chi connectivity index (χ1n) is 11.4. The highest BCUT2D eigenvalue weighted by Crippen LogP contribution is 2.35. The lowest BCUT2D eigenvalue weighted by molar-refractivity contribution is 0.297. The predicted octanol–water partition coefficient (Wildman–Crippen LogP) is 3.94. The monoisotopic (exact) mass is 489 g/mol. The molecule has 0 radical (unpaired) electrons. The number of sulfonamides is 1. The molecule has 0 amide bonds. The molecule has 2 heterocycles. The summed E-state index contributed by atoms with van der Waals surface area (Å²) in [5.74, 6) is 1.61. The van der Waals surface area contributed by atoms with Gasteiger partial charge < -0.3 is 19.7 Å². The van der Waals surface area contributed by atoms with E-state index in [1.807, 2.05) is 26.8 Å². The molecular weight excluding hydrogens is 458 g/mol. The molecule has 0 saturated carbocycles. The molecular formula is C24H31N3O4S2. The van der Waals surface area contributed by atoms with Gasteiger partial charge in [0.1, 0.15) is 0 Å². The third kappa shape index (κ3) is 4.95. The van der Waals surface area contributed by atoms with E-state index < -0.39 is 10.0 Å². The van der Waals surface area contributed by atoms with Crippen LogP contribution < -0.4 is 14.8 Å². The Bertz CT molecular complexity index is 1150. The lowest BCUT2D eigenvalue weighted by atomic mass is 9.99. The third-order valence-corrected chi connectivity index (χ3v) is 8.57. The molecule has 1 N–H and O–H groups in total. The van der Waals surface area contributed by atoms with Gasteiger partial charge in [-0.2, -0.15) is 4.31 Å². The van der Waals surface area contributed by atoms with Gasteiger partial charge in [-0.15, -0.1) is 0 Å². The number of fused-ring (bicyclic) bond motifs is 2. The first-order chi connectivity index (χ1) is 15.8. The SMILES string of the molecule is CCN(CC)S(=O)(=O)c1ccc(C)c(NC(=S)N2CCc3cc4c(cc3C2)OCCCO4)c1. The van der Waals surface area contributed by atoms with Crippen molar-refractivity contribution in [3.63, 3.8) is 0 Å². The van der Waals surface area contributed by atoms with E-state index in [1.54, 1.807) is 12.1 Å². The second kappa shape index (κ2) is 9.87. The van der Waals surface area contributed by atoms with Gasteiger partial charge in [0.25, 0.3) is 0 Å². The van der Waals surface area contributed by atoms with E-state index in [-0.39, 0.29) is 4.90 Å². The zero-order chi connectivity index (χ0) is 23.6. The summed E-state index contributed by atoms with van der Waals surface area (Å²) in [4.78, 5) is 2.37. The van der Waals surface area contributed by atoms with Crippen molar-refractivity contribution >= 4 is 33.0 Å². The summed E-state index contributed by atoms with van der Waals surface area (Å²) in [7, 11) is -3.54. The zero-order valence-electron chi connectivity index (χ0n) is 19.4. The molecule has 4 rings (SSSR count). The number of thiocarbonyl (C=S) groups is 1. The predicted molar refractivity (Wildman–Crippen MR) is 134 cm³/mol. The number of nitrogens with one attached hydrogen (secondary N) is 1. The lowest BCUT2D eigenvalue weighted by Crippen LogP contribution is -2.39. The molecule has 7 nitrogen and oxygen atoms in total. The van der Waals surface area contributed by atoms with E-state index in [2.05, 4.69) is 22.3 Å². The summed E-state index contributed by atoms with van der Waals surface area (Å²) in [5, 5.41) is 3.87. The van der Waals surface area contributed by atoms with Gasteiger partial charge in [0, 0.05) is 38.3 Å². The van der Waals surface area contributed by atoms with E-state index in [0.717, 1.165) is 36.4 Å². The number of benzene rings is 2. The summed E-state index contributed by atoms with van der Waals surface area (Å²) in [6, 6.07) is 9.31. The molecule has 0 spiro atoms. The van der Waals surface area contributed by atoms with Crippen molar-refractivity contribution in [2.45, 2.75) is 45.1 Å². The van der Waals surface area contributed by atoms with Crippen molar-refractivity contribution < 1.29 is 17.9 Å². The van der Waals surface area contributed by atoms with E-state index in [4.69, 9.17) is 21.7 Å². The van der Waals surface area contributed by atoms with E-state index in [9.17, 15) is 8.42 Å². The molecule has 0 unspecified atom stereocenters. The smallest absolute Gasteiger partial charge is 0.243 e. The minimum atomic E-state index is -3.54. The zero-order valence-corrected chi connectivity index (χ0v) is 21.0. The van der Waals surface area contributed by atoms with Crippen LogP contribution in [0.1, 0.15) is 37.0 Å². The van der Waals surface area contributed by atoms with Crippen LogP contribution in [0.4, 0.5) is 5.69 Å². The van der Waals surface area contributed by atoms with Crippen LogP contribution in [-0.4, -0.2) is 55.6 Å². The third-order valence-electron chi connectivity index (χ3n) is 6.16. The average Bonchev–Trinajstić information content (AvgIpc) is 3.03. The summed E-state index contributed by atoms with van der Waals surface area (Å²) in [6.07, 6.45) is 1.73. The minimum Gasteiger partial charge on any atom is -0.490 e.